The van der Waals surface area contributed by atoms with E-state index in [-0.39, 0.29) is 5.43 Å². The van der Waals surface area contributed by atoms with Crippen molar-refractivity contribution in [3.8, 4) is 0 Å². The number of benzene rings is 2. The molecule has 0 saturated heterocycles. The van der Waals surface area contributed by atoms with E-state index in [0.717, 1.165) is 17.4 Å². The van der Waals surface area contributed by atoms with Gasteiger partial charge in [-0.25, -0.2) is 0 Å². The Hall–Kier alpha value is -2.35. The third kappa shape index (κ3) is 2.29. The summed E-state index contributed by atoms with van der Waals surface area (Å²) in [5.41, 5.74) is 3.55. The lowest BCUT2D eigenvalue weighted by molar-refractivity contribution is 0.825. The molecule has 19 heavy (non-hydrogen) atoms. The fourth-order valence-corrected chi connectivity index (χ4v) is 2.29. The molecule has 2 heteroatoms. The molecule has 0 aliphatic carbocycles. The molecule has 0 aliphatic heterocycles. The van der Waals surface area contributed by atoms with Crippen molar-refractivity contribution in [2.24, 2.45) is 0 Å². The predicted molar refractivity (Wildman–Crippen MR) is 78.5 cm³/mol. The Morgan fingerprint density at radius 3 is 2.47 bits per heavy atom. The van der Waals surface area contributed by atoms with Crippen LogP contribution in [0.25, 0.3) is 10.9 Å². The van der Waals surface area contributed by atoms with Crippen molar-refractivity contribution in [1.82, 2.24) is 4.57 Å². The zero-order valence-corrected chi connectivity index (χ0v) is 10.8. The van der Waals surface area contributed by atoms with Gasteiger partial charge in [0.1, 0.15) is 0 Å². The summed E-state index contributed by atoms with van der Waals surface area (Å²) < 4.78 is 2.11. The lowest BCUT2D eigenvalue weighted by Crippen LogP contribution is -2.08. The van der Waals surface area contributed by atoms with Gasteiger partial charge in [0.15, 0.2) is 5.43 Å². The molecule has 2 aromatic carbocycles. The van der Waals surface area contributed by atoms with Crippen LogP contribution in [0.3, 0.4) is 0 Å². The van der Waals surface area contributed by atoms with E-state index in [4.69, 9.17) is 0 Å². The Morgan fingerprint density at radius 2 is 1.68 bits per heavy atom. The molecule has 1 heterocycles. The van der Waals surface area contributed by atoms with Gasteiger partial charge in [-0.1, -0.05) is 42.0 Å². The smallest absolute Gasteiger partial charge is 0.189 e. The molecule has 0 spiro atoms. The quantitative estimate of drug-likeness (QED) is 0.682. The number of hydrogen-bond acceptors (Lipinski definition) is 1. The predicted octanol–water partition coefficient (Wildman–Crippen LogP) is 3.36. The Kier molecular flexibility index (Phi) is 2.92. The molecule has 0 atom stereocenters. The first-order valence-electron chi connectivity index (χ1n) is 6.38. The lowest BCUT2D eigenvalue weighted by Gasteiger charge is -2.10. The molecule has 0 radical (unpaired) electrons. The minimum atomic E-state index is 0.0794. The Balaban J connectivity index is 2.08. The molecule has 0 fully saturated rings. The van der Waals surface area contributed by atoms with Gasteiger partial charge in [0.2, 0.25) is 0 Å². The van der Waals surface area contributed by atoms with Crippen molar-refractivity contribution in [3.05, 3.63) is 82.1 Å². The van der Waals surface area contributed by atoms with Crippen LogP contribution in [-0.2, 0) is 6.54 Å². The number of aryl methyl sites for hydroxylation is 1. The zero-order chi connectivity index (χ0) is 13.2. The van der Waals surface area contributed by atoms with Crippen molar-refractivity contribution in [2.45, 2.75) is 13.5 Å². The van der Waals surface area contributed by atoms with Gasteiger partial charge in [0.05, 0.1) is 5.52 Å². The fraction of sp³-hybridized carbons (Fsp3) is 0.118. The molecule has 3 rings (SSSR count). The lowest BCUT2D eigenvalue weighted by atomic mass is 10.1. The molecule has 0 saturated carbocycles. The Bertz CT molecular complexity index is 769. The summed E-state index contributed by atoms with van der Waals surface area (Å²) in [6, 6.07) is 17.8. The molecule has 0 amide bonds. The topological polar surface area (TPSA) is 22.0 Å². The molecule has 1 aromatic heterocycles. The Labute approximate surface area is 111 Å². The number of nitrogens with zero attached hydrogens (tertiary/aromatic N) is 1. The van der Waals surface area contributed by atoms with Crippen LogP contribution >= 0.6 is 0 Å². The maximum atomic E-state index is 11.8. The summed E-state index contributed by atoms with van der Waals surface area (Å²) in [4.78, 5) is 11.8. The van der Waals surface area contributed by atoms with Crippen LogP contribution < -0.4 is 5.43 Å². The van der Waals surface area contributed by atoms with Crippen molar-refractivity contribution >= 4 is 10.9 Å². The molecule has 94 valence electrons. The largest absolute Gasteiger partial charge is 0.343 e. The summed E-state index contributed by atoms with van der Waals surface area (Å²) in [5, 5.41) is 0.775. The molecule has 0 bridgehead atoms. The van der Waals surface area contributed by atoms with E-state index >= 15 is 0 Å². The number of fused-ring (bicyclic) bond motifs is 1. The van der Waals surface area contributed by atoms with Crippen molar-refractivity contribution in [1.29, 1.82) is 0 Å². The van der Waals surface area contributed by atoms with Gasteiger partial charge in [-0.2, -0.15) is 0 Å². The maximum absolute atomic E-state index is 11.8. The van der Waals surface area contributed by atoms with E-state index in [0.29, 0.717) is 0 Å². The second-order valence-corrected chi connectivity index (χ2v) is 4.81. The van der Waals surface area contributed by atoms with Gasteiger partial charge in [-0.05, 0) is 24.6 Å². The van der Waals surface area contributed by atoms with E-state index in [1.807, 2.05) is 30.5 Å². The Morgan fingerprint density at radius 1 is 0.947 bits per heavy atom. The number of hydrogen-bond donors (Lipinski definition) is 0. The van der Waals surface area contributed by atoms with Crippen LogP contribution in [0.2, 0.25) is 0 Å². The summed E-state index contributed by atoms with van der Waals surface area (Å²) in [7, 11) is 0. The van der Waals surface area contributed by atoms with Gasteiger partial charge in [-0.3, -0.25) is 4.79 Å². The summed E-state index contributed by atoms with van der Waals surface area (Å²) >= 11 is 0. The highest BCUT2D eigenvalue weighted by Crippen LogP contribution is 2.12. The van der Waals surface area contributed by atoms with Crippen LogP contribution in [0, 0.1) is 6.92 Å². The van der Waals surface area contributed by atoms with Gasteiger partial charge >= 0.3 is 0 Å². The third-order valence-corrected chi connectivity index (χ3v) is 3.36. The maximum Gasteiger partial charge on any atom is 0.189 e. The minimum Gasteiger partial charge on any atom is -0.343 e. The van der Waals surface area contributed by atoms with Crippen LogP contribution in [-0.4, -0.2) is 4.57 Å². The third-order valence-electron chi connectivity index (χ3n) is 3.36. The normalized spacial score (nSPS) is 10.8. The molecule has 0 aliphatic rings. The molecular weight excluding hydrogens is 234 g/mol. The minimum absolute atomic E-state index is 0.0794. The van der Waals surface area contributed by atoms with Crippen LogP contribution in [0.5, 0.6) is 0 Å². The molecule has 0 unspecified atom stereocenters. The molecule has 2 nitrogen and oxygen atoms in total. The highest BCUT2D eigenvalue weighted by molar-refractivity contribution is 5.78. The van der Waals surface area contributed by atoms with E-state index in [1.54, 1.807) is 6.07 Å². The number of rotatable bonds is 2. The summed E-state index contributed by atoms with van der Waals surface area (Å²) in [6.45, 7) is 2.86. The van der Waals surface area contributed by atoms with Gasteiger partial charge in [0.25, 0.3) is 0 Å². The average Bonchev–Trinajstić information content (AvgIpc) is 2.45. The van der Waals surface area contributed by atoms with Crippen LogP contribution in [0.4, 0.5) is 0 Å². The first kappa shape index (κ1) is 11.7. The van der Waals surface area contributed by atoms with Crippen LogP contribution in [0.1, 0.15) is 11.1 Å². The van der Waals surface area contributed by atoms with Crippen molar-refractivity contribution in [2.75, 3.05) is 0 Å². The molecular formula is C17H15NO. The highest BCUT2D eigenvalue weighted by Gasteiger charge is 2.02. The van der Waals surface area contributed by atoms with Gasteiger partial charge in [-0.15, -0.1) is 0 Å². The van der Waals surface area contributed by atoms with Crippen LogP contribution in [0.15, 0.2) is 65.6 Å². The van der Waals surface area contributed by atoms with Gasteiger partial charge in [0, 0.05) is 24.2 Å². The SMILES string of the molecule is Cc1ccc(Cn2ccc(=O)c3ccccc32)cc1. The van der Waals surface area contributed by atoms with E-state index in [9.17, 15) is 4.79 Å². The van der Waals surface area contributed by atoms with Gasteiger partial charge < -0.3 is 4.57 Å². The summed E-state index contributed by atoms with van der Waals surface area (Å²) in [6.07, 6.45) is 1.87. The second-order valence-electron chi connectivity index (χ2n) is 4.81. The van der Waals surface area contributed by atoms with E-state index in [1.165, 1.54) is 11.1 Å². The highest BCUT2D eigenvalue weighted by atomic mass is 16.1. The zero-order valence-electron chi connectivity index (χ0n) is 10.8. The first-order valence-corrected chi connectivity index (χ1v) is 6.38. The fourth-order valence-electron chi connectivity index (χ4n) is 2.29. The molecule has 0 N–H and O–H groups in total. The average molecular weight is 249 g/mol. The summed E-state index contributed by atoms with van der Waals surface area (Å²) in [5.74, 6) is 0. The number of pyridine rings is 1. The number of aromatic nitrogens is 1. The van der Waals surface area contributed by atoms with E-state index < -0.39 is 0 Å². The van der Waals surface area contributed by atoms with Crippen molar-refractivity contribution < 1.29 is 0 Å². The monoisotopic (exact) mass is 249 g/mol. The van der Waals surface area contributed by atoms with Crippen molar-refractivity contribution in [3.63, 3.8) is 0 Å². The van der Waals surface area contributed by atoms with E-state index in [2.05, 4.69) is 35.8 Å². The number of para-hydroxylation sites is 1. The second kappa shape index (κ2) is 4.73. The molecule has 3 aromatic rings. The first-order chi connectivity index (χ1) is 9.24. The standard InChI is InChI=1S/C17H15NO/c1-13-6-8-14(9-7-13)12-18-11-10-17(19)15-4-2-3-5-16(15)18/h2-11H,12H2,1H3.